The molecule has 0 saturated carbocycles. The molecule has 0 N–H and O–H groups in total. The number of carbonyl (C=O) groups excluding carboxylic acids is 2. The third kappa shape index (κ3) is 5.27. The predicted octanol–water partition coefficient (Wildman–Crippen LogP) is 5.32. The number of hydrogen-bond donors (Lipinski definition) is 0. The third-order valence-electron chi connectivity index (χ3n) is 7.24. The van der Waals surface area contributed by atoms with Crippen molar-refractivity contribution in [3.63, 3.8) is 0 Å². The highest BCUT2D eigenvalue weighted by Gasteiger charge is 2.43. The molecule has 8 heteroatoms. The van der Waals surface area contributed by atoms with Crippen LogP contribution in [0.5, 0.6) is 5.75 Å². The Kier molecular flexibility index (Phi) is 7.33. The first-order chi connectivity index (χ1) is 17.9. The fourth-order valence-electron chi connectivity index (χ4n) is 5.33. The molecule has 37 heavy (non-hydrogen) atoms. The summed E-state index contributed by atoms with van der Waals surface area (Å²) in [5, 5.41) is 0.684. The van der Waals surface area contributed by atoms with Gasteiger partial charge in [-0.1, -0.05) is 29.8 Å². The van der Waals surface area contributed by atoms with E-state index in [0.717, 1.165) is 11.3 Å². The summed E-state index contributed by atoms with van der Waals surface area (Å²) >= 11 is 6.17. The van der Waals surface area contributed by atoms with E-state index in [4.69, 9.17) is 16.3 Å². The summed E-state index contributed by atoms with van der Waals surface area (Å²) in [6.07, 6.45) is 0.712. The van der Waals surface area contributed by atoms with Crippen molar-refractivity contribution in [1.82, 2.24) is 4.90 Å². The average Bonchev–Trinajstić information content (AvgIpc) is 2.93. The molecule has 0 radical (unpaired) electrons. The van der Waals surface area contributed by atoms with Crippen molar-refractivity contribution in [2.75, 3.05) is 43.1 Å². The topological polar surface area (TPSA) is 53.1 Å². The van der Waals surface area contributed by atoms with Crippen LogP contribution in [0.25, 0.3) is 0 Å². The van der Waals surface area contributed by atoms with Crippen LogP contribution in [0.2, 0.25) is 5.02 Å². The number of carbonyl (C=O) groups is 2. The second-order valence-corrected chi connectivity index (χ2v) is 9.83. The zero-order valence-electron chi connectivity index (χ0n) is 20.6. The molecule has 0 aromatic heterocycles. The van der Waals surface area contributed by atoms with E-state index in [9.17, 15) is 14.0 Å². The van der Waals surface area contributed by atoms with E-state index in [1.807, 2.05) is 41.3 Å². The van der Waals surface area contributed by atoms with Crippen molar-refractivity contribution in [3.05, 3.63) is 89.2 Å². The maximum atomic E-state index is 13.9. The molecule has 5 rings (SSSR count). The summed E-state index contributed by atoms with van der Waals surface area (Å²) in [5.41, 5.74) is 2.46. The first-order valence-corrected chi connectivity index (χ1v) is 12.8. The Morgan fingerprint density at radius 3 is 2.30 bits per heavy atom. The predicted molar refractivity (Wildman–Crippen MR) is 143 cm³/mol. The van der Waals surface area contributed by atoms with Gasteiger partial charge in [-0.15, -0.1) is 0 Å². The van der Waals surface area contributed by atoms with Gasteiger partial charge < -0.3 is 19.4 Å². The van der Waals surface area contributed by atoms with Gasteiger partial charge in [-0.05, 0) is 66.6 Å². The van der Waals surface area contributed by atoms with Crippen molar-refractivity contribution >= 4 is 34.8 Å². The van der Waals surface area contributed by atoms with Gasteiger partial charge in [0.2, 0.25) is 11.8 Å². The second kappa shape index (κ2) is 10.8. The molecule has 3 aromatic carbocycles. The maximum absolute atomic E-state index is 13.9. The van der Waals surface area contributed by atoms with Crippen molar-refractivity contribution in [2.45, 2.75) is 18.9 Å². The van der Waals surface area contributed by atoms with Crippen LogP contribution in [-0.2, 0) is 9.59 Å². The lowest BCUT2D eigenvalue weighted by Crippen LogP contribution is -2.54. The molecule has 2 heterocycles. The zero-order valence-corrected chi connectivity index (χ0v) is 21.4. The van der Waals surface area contributed by atoms with E-state index in [0.29, 0.717) is 49.1 Å². The first kappa shape index (κ1) is 25.1. The molecule has 2 aliphatic heterocycles. The Bertz CT molecular complexity index is 1260. The van der Waals surface area contributed by atoms with Gasteiger partial charge in [-0.3, -0.25) is 9.59 Å². The molecule has 6 nitrogen and oxygen atoms in total. The minimum atomic E-state index is -0.534. The molecule has 0 bridgehead atoms. The Morgan fingerprint density at radius 1 is 0.946 bits per heavy atom. The van der Waals surface area contributed by atoms with Crippen LogP contribution >= 0.6 is 11.6 Å². The normalized spacial score (nSPS) is 20.2. The van der Waals surface area contributed by atoms with Crippen LogP contribution < -0.4 is 14.5 Å². The van der Waals surface area contributed by atoms with E-state index in [2.05, 4.69) is 4.90 Å². The van der Waals surface area contributed by atoms with Crippen molar-refractivity contribution in [3.8, 4) is 5.75 Å². The number of benzene rings is 3. The largest absolute Gasteiger partial charge is 0.497 e. The number of halogens is 2. The molecule has 3 aromatic rings. The Hall–Kier alpha value is -3.58. The van der Waals surface area contributed by atoms with Gasteiger partial charge in [-0.2, -0.15) is 0 Å². The summed E-state index contributed by atoms with van der Waals surface area (Å²) in [6, 6.07) is 20.5. The highest BCUT2D eigenvalue weighted by molar-refractivity contribution is 6.30. The summed E-state index contributed by atoms with van der Waals surface area (Å²) in [6.45, 7) is 2.55. The fraction of sp³-hybridized carbons (Fsp3) is 0.310. The molecule has 2 atom stereocenters. The van der Waals surface area contributed by atoms with Gasteiger partial charge in [0.1, 0.15) is 11.6 Å². The first-order valence-electron chi connectivity index (χ1n) is 12.5. The van der Waals surface area contributed by atoms with Crippen molar-refractivity contribution in [2.24, 2.45) is 5.92 Å². The minimum Gasteiger partial charge on any atom is -0.497 e. The summed E-state index contributed by atoms with van der Waals surface area (Å²) in [7, 11) is 1.59. The number of piperidine rings is 1. The number of amides is 2. The Labute approximate surface area is 221 Å². The second-order valence-electron chi connectivity index (χ2n) is 9.40. The molecule has 0 aliphatic carbocycles. The molecule has 2 amide bonds. The van der Waals surface area contributed by atoms with Crippen LogP contribution in [0.1, 0.15) is 24.4 Å². The van der Waals surface area contributed by atoms with Crippen molar-refractivity contribution in [1.29, 1.82) is 0 Å². The molecule has 2 saturated heterocycles. The highest BCUT2D eigenvalue weighted by atomic mass is 35.5. The van der Waals surface area contributed by atoms with Gasteiger partial charge >= 0.3 is 0 Å². The van der Waals surface area contributed by atoms with Gasteiger partial charge in [0.25, 0.3) is 0 Å². The maximum Gasteiger partial charge on any atom is 0.228 e. The summed E-state index contributed by atoms with van der Waals surface area (Å²) < 4.78 is 19.1. The van der Waals surface area contributed by atoms with E-state index in [-0.39, 0.29) is 24.1 Å². The quantitative estimate of drug-likeness (QED) is 0.456. The Morgan fingerprint density at radius 2 is 1.65 bits per heavy atom. The molecular formula is C29H29ClFN3O3. The average molecular weight is 522 g/mol. The molecule has 2 aliphatic rings. The summed E-state index contributed by atoms with van der Waals surface area (Å²) in [4.78, 5) is 33.0. The lowest BCUT2D eigenvalue weighted by Gasteiger charge is -2.44. The standard InChI is InChI=1S/C29H29ClFN3O3/c1-37-25-11-9-23(10-12-25)34-27(35)14-13-26(28(34)20-5-7-22(31)8-6-20)29(36)33-17-15-32(16-18-33)24-4-2-3-21(30)19-24/h2-12,19,26,28H,13-18H2,1H3/t26-,28+/m1/s1. The number of hydrogen-bond acceptors (Lipinski definition) is 4. The number of methoxy groups -OCH3 is 1. The van der Waals surface area contributed by atoms with Gasteiger partial charge in [0, 0.05) is 49.0 Å². The molecule has 0 spiro atoms. The van der Waals surface area contributed by atoms with E-state index < -0.39 is 12.0 Å². The fourth-order valence-corrected chi connectivity index (χ4v) is 5.52. The molecular weight excluding hydrogens is 493 g/mol. The lowest BCUT2D eigenvalue weighted by molar-refractivity contribution is -0.138. The third-order valence-corrected chi connectivity index (χ3v) is 7.48. The highest BCUT2D eigenvalue weighted by Crippen LogP contribution is 2.41. The van der Waals surface area contributed by atoms with Crippen LogP contribution in [0.3, 0.4) is 0 Å². The number of rotatable bonds is 5. The van der Waals surface area contributed by atoms with Gasteiger partial charge in [-0.25, -0.2) is 4.39 Å². The van der Waals surface area contributed by atoms with Crippen LogP contribution in [0.4, 0.5) is 15.8 Å². The van der Waals surface area contributed by atoms with Gasteiger partial charge in [0.15, 0.2) is 0 Å². The molecule has 2 fully saturated rings. The minimum absolute atomic E-state index is 0.0195. The number of nitrogens with zero attached hydrogens (tertiary/aromatic N) is 3. The number of anilines is 2. The van der Waals surface area contributed by atoms with Crippen LogP contribution in [0.15, 0.2) is 72.8 Å². The number of piperazine rings is 1. The van der Waals surface area contributed by atoms with Crippen LogP contribution in [0, 0.1) is 11.7 Å². The van der Waals surface area contributed by atoms with Crippen molar-refractivity contribution < 1.29 is 18.7 Å². The van der Waals surface area contributed by atoms with Gasteiger partial charge in [0.05, 0.1) is 19.1 Å². The van der Waals surface area contributed by atoms with E-state index >= 15 is 0 Å². The number of ether oxygens (including phenoxy) is 1. The monoisotopic (exact) mass is 521 g/mol. The van der Waals surface area contributed by atoms with E-state index in [1.165, 1.54) is 12.1 Å². The zero-order chi connectivity index (χ0) is 25.9. The van der Waals surface area contributed by atoms with Crippen LogP contribution in [-0.4, -0.2) is 50.0 Å². The smallest absolute Gasteiger partial charge is 0.228 e. The summed E-state index contributed by atoms with van der Waals surface area (Å²) in [5.74, 6) is -0.165. The van der Waals surface area contributed by atoms with E-state index in [1.54, 1.807) is 36.3 Å². The molecule has 0 unspecified atom stereocenters. The Balaban J connectivity index is 1.41. The molecule has 192 valence electrons. The SMILES string of the molecule is COc1ccc(N2C(=O)CC[C@@H](C(=O)N3CCN(c4cccc(Cl)c4)CC3)[C@@H]2c2ccc(F)cc2)cc1. The lowest BCUT2D eigenvalue weighted by atomic mass is 9.82.